The first kappa shape index (κ1) is 19.3. The van der Waals surface area contributed by atoms with Crippen LogP contribution in [-0.2, 0) is 11.2 Å². The van der Waals surface area contributed by atoms with E-state index in [4.69, 9.17) is 9.72 Å². The Hall–Kier alpha value is -3.06. The fraction of sp³-hybridized carbons (Fsp3) is 0.227. The Kier molecular flexibility index (Phi) is 5.15. The monoisotopic (exact) mass is 407 g/mol. The quantitative estimate of drug-likeness (QED) is 0.371. The molecule has 0 fully saturated rings. The molecule has 0 saturated heterocycles. The molecule has 2 aromatic carbocycles. The number of ether oxygens (including phenoxy) is 1. The molecule has 0 aliphatic heterocycles. The summed E-state index contributed by atoms with van der Waals surface area (Å²) in [5.41, 5.74) is 3.38. The Balaban J connectivity index is 2.09. The molecule has 7 heteroatoms. The van der Waals surface area contributed by atoms with Crippen molar-refractivity contribution in [1.29, 1.82) is 0 Å². The molecule has 29 heavy (non-hydrogen) atoms. The Morgan fingerprint density at radius 2 is 1.97 bits per heavy atom. The zero-order valence-corrected chi connectivity index (χ0v) is 17.3. The van der Waals surface area contributed by atoms with Gasteiger partial charge in [-0.2, -0.15) is 0 Å². The van der Waals surface area contributed by atoms with Gasteiger partial charge in [0.1, 0.15) is 11.6 Å². The number of hydrogen-bond donors (Lipinski definition) is 1. The molecule has 1 N–H and O–H groups in total. The zero-order valence-electron chi connectivity index (χ0n) is 16.5. The average molecular weight is 407 g/mol. The van der Waals surface area contributed by atoms with Crippen LogP contribution < -0.4 is 4.74 Å². The lowest BCUT2D eigenvalue weighted by molar-refractivity contribution is -0.136. The normalized spacial score (nSPS) is 11.3. The number of methoxy groups -OCH3 is 1. The van der Waals surface area contributed by atoms with E-state index in [9.17, 15) is 9.90 Å². The number of carboxylic acids is 1. The maximum absolute atomic E-state index is 11.5. The van der Waals surface area contributed by atoms with E-state index in [1.165, 1.54) is 0 Å². The van der Waals surface area contributed by atoms with Crippen LogP contribution in [0.15, 0.2) is 47.6 Å². The van der Waals surface area contributed by atoms with E-state index in [1.54, 1.807) is 18.9 Å². The molecule has 4 aromatic rings. The number of aromatic nitrogens is 3. The standard InChI is InChI=1S/C22H21N3O3S/c1-4-29-22-23-18-8-6-5-7-15(18)21(24-22)25-13(2)16(12-20(26)27)17-11-14(28-3)9-10-19(17)25/h5-11H,4,12H2,1-3H3,(H,26,27). The van der Waals surface area contributed by atoms with Crippen molar-refractivity contribution in [2.45, 2.75) is 25.4 Å². The molecule has 0 unspecified atom stereocenters. The molecule has 0 radical (unpaired) electrons. The summed E-state index contributed by atoms with van der Waals surface area (Å²) in [5, 5.41) is 12.0. The molecule has 148 valence electrons. The Bertz CT molecular complexity index is 1230. The summed E-state index contributed by atoms with van der Waals surface area (Å²) in [7, 11) is 1.61. The molecule has 0 aliphatic carbocycles. The second-order valence-electron chi connectivity index (χ2n) is 6.63. The lowest BCUT2D eigenvalue weighted by Gasteiger charge is -2.12. The van der Waals surface area contributed by atoms with Gasteiger partial charge in [0.2, 0.25) is 0 Å². The van der Waals surface area contributed by atoms with E-state index in [-0.39, 0.29) is 6.42 Å². The molecule has 0 saturated carbocycles. The van der Waals surface area contributed by atoms with Crippen molar-refractivity contribution in [3.05, 3.63) is 53.7 Å². The SMILES string of the molecule is CCSc1nc(-n2c(C)c(CC(=O)O)c3cc(OC)ccc32)c2ccccc2n1. The van der Waals surface area contributed by atoms with Gasteiger partial charge in [-0.05, 0) is 48.6 Å². The van der Waals surface area contributed by atoms with Crippen LogP contribution in [0.3, 0.4) is 0 Å². The van der Waals surface area contributed by atoms with Crippen LogP contribution in [0.4, 0.5) is 0 Å². The Labute approximate surface area is 172 Å². The summed E-state index contributed by atoms with van der Waals surface area (Å²) < 4.78 is 7.41. The van der Waals surface area contributed by atoms with E-state index >= 15 is 0 Å². The van der Waals surface area contributed by atoms with Crippen LogP contribution >= 0.6 is 11.8 Å². The minimum Gasteiger partial charge on any atom is -0.497 e. The smallest absolute Gasteiger partial charge is 0.307 e. The number of benzene rings is 2. The van der Waals surface area contributed by atoms with Crippen molar-refractivity contribution in [2.75, 3.05) is 12.9 Å². The van der Waals surface area contributed by atoms with Gasteiger partial charge in [0.15, 0.2) is 5.16 Å². The fourth-order valence-corrected chi connectivity index (χ4v) is 4.21. The molecular formula is C22H21N3O3S. The highest BCUT2D eigenvalue weighted by Gasteiger charge is 2.21. The summed E-state index contributed by atoms with van der Waals surface area (Å²) in [6, 6.07) is 13.6. The van der Waals surface area contributed by atoms with Gasteiger partial charge in [-0.15, -0.1) is 0 Å². The third-order valence-corrected chi connectivity index (χ3v) is 5.65. The maximum atomic E-state index is 11.5. The second-order valence-corrected chi connectivity index (χ2v) is 7.86. The average Bonchev–Trinajstić information content (AvgIpc) is 2.98. The highest BCUT2D eigenvalue weighted by atomic mass is 32.2. The molecule has 0 amide bonds. The third-order valence-electron chi connectivity index (χ3n) is 4.92. The summed E-state index contributed by atoms with van der Waals surface area (Å²) >= 11 is 1.58. The number of carboxylic acid groups (broad SMARTS) is 1. The first-order valence-electron chi connectivity index (χ1n) is 9.33. The molecule has 4 rings (SSSR count). The molecule has 0 bridgehead atoms. The number of hydrogen-bond acceptors (Lipinski definition) is 5. The predicted molar refractivity (Wildman–Crippen MR) is 115 cm³/mol. The number of para-hydroxylation sites is 1. The largest absolute Gasteiger partial charge is 0.497 e. The molecule has 0 spiro atoms. The first-order chi connectivity index (χ1) is 14.0. The summed E-state index contributed by atoms with van der Waals surface area (Å²) in [6.07, 6.45) is -0.0674. The molecule has 0 atom stereocenters. The van der Waals surface area contributed by atoms with Crippen LogP contribution in [0.25, 0.3) is 27.6 Å². The summed E-state index contributed by atoms with van der Waals surface area (Å²) in [5.74, 6) is 1.45. The van der Waals surface area contributed by atoms with Crippen molar-refractivity contribution < 1.29 is 14.6 Å². The highest BCUT2D eigenvalue weighted by Crippen LogP contribution is 2.34. The van der Waals surface area contributed by atoms with Crippen LogP contribution in [0, 0.1) is 6.92 Å². The highest BCUT2D eigenvalue weighted by molar-refractivity contribution is 7.99. The number of fused-ring (bicyclic) bond motifs is 2. The first-order valence-corrected chi connectivity index (χ1v) is 10.3. The predicted octanol–water partition coefficient (Wildman–Crippen LogP) is 4.63. The van der Waals surface area contributed by atoms with Crippen molar-refractivity contribution in [1.82, 2.24) is 14.5 Å². The lowest BCUT2D eigenvalue weighted by atomic mass is 10.1. The van der Waals surface area contributed by atoms with E-state index < -0.39 is 5.97 Å². The number of aliphatic carboxylic acids is 1. The third kappa shape index (κ3) is 3.42. The summed E-state index contributed by atoms with van der Waals surface area (Å²) in [4.78, 5) is 21.1. The van der Waals surface area contributed by atoms with E-state index in [0.717, 1.165) is 44.6 Å². The van der Waals surface area contributed by atoms with E-state index in [2.05, 4.69) is 11.9 Å². The number of nitrogens with zero attached hydrogens (tertiary/aromatic N) is 3. The number of rotatable bonds is 6. The molecule has 0 aliphatic rings. The maximum Gasteiger partial charge on any atom is 0.307 e. The van der Waals surface area contributed by atoms with E-state index in [1.807, 2.05) is 54.0 Å². The van der Waals surface area contributed by atoms with Crippen molar-refractivity contribution in [2.24, 2.45) is 0 Å². The van der Waals surface area contributed by atoms with Gasteiger partial charge in [-0.1, -0.05) is 30.8 Å². The fourth-order valence-electron chi connectivity index (χ4n) is 3.64. The van der Waals surface area contributed by atoms with Gasteiger partial charge < -0.3 is 9.84 Å². The van der Waals surface area contributed by atoms with Gasteiger partial charge in [0.05, 0.1) is 24.6 Å². The van der Waals surface area contributed by atoms with Gasteiger partial charge in [0, 0.05) is 16.5 Å². The molecule has 6 nitrogen and oxygen atoms in total. The lowest BCUT2D eigenvalue weighted by Crippen LogP contribution is -2.06. The Morgan fingerprint density at radius 1 is 1.17 bits per heavy atom. The zero-order chi connectivity index (χ0) is 20.5. The van der Waals surface area contributed by atoms with Gasteiger partial charge in [-0.3, -0.25) is 9.36 Å². The van der Waals surface area contributed by atoms with Gasteiger partial charge in [0.25, 0.3) is 0 Å². The minimum absolute atomic E-state index is 0.0674. The van der Waals surface area contributed by atoms with Crippen LogP contribution in [-0.4, -0.2) is 38.5 Å². The number of carbonyl (C=O) groups is 1. The molecule has 2 aromatic heterocycles. The topological polar surface area (TPSA) is 77.2 Å². The molecular weight excluding hydrogens is 386 g/mol. The van der Waals surface area contributed by atoms with Gasteiger partial charge >= 0.3 is 5.97 Å². The van der Waals surface area contributed by atoms with Crippen molar-refractivity contribution >= 4 is 39.5 Å². The van der Waals surface area contributed by atoms with Crippen LogP contribution in [0.5, 0.6) is 5.75 Å². The Morgan fingerprint density at radius 3 is 2.69 bits per heavy atom. The minimum atomic E-state index is -0.871. The summed E-state index contributed by atoms with van der Waals surface area (Å²) in [6.45, 7) is 4.00. The van der Waals surface area contributed by atoms with E-state index in [0.29, 0.717) is 10.9 Å². The van der Waals surface area contributed by atoms with Crippen LogP contribution in [0.1, 0.15) is 18.2 Å². The number of thioether (sulfide) groups is 1. The molecule has 2 heterocycles. The van der Waals surface area contributed by atoms with Crippen molar-refractivity contribution in [3.8, 4) is 11.6 Å². The van der Waals surface area contributed by atoms with Gasteiger partial charge in [-0.25, -0.2) is 9.97 Å². The van der Waals surface area contributed by atoms with Crippen LogP contribution in [0.2, 0.25) is 0 Å². The van der Waals surface area contributed by atoms with Crippen molar-refractivity contribution in [3.63, 3.8) is 0 Å². The second kappa shape index (κ2) is 7.75.